The van der Waals surface area contributed by atoms with Crippen LogP contribution in [-0.4, -0.2) is 34.6 Å². The van der Waals surface area contributed by atoms with Crippen molar-refractivity contribution in [3.63, 3.8) is 0 Å². The fourth-order valence-electron chi connectivity index (χ4n) is 3.06. The minimum Gasteiger partial charge on any atom is -0.352 e. The summed E-state index contributed by atoms with van der Waals surface area (Å²) in [6.45, 7) is 6.15. The van der Waals surface area contributed by atoms with Crippen LogP contribution in [0.15, 0.2) is 59.5 Å². The molecule has 0 saturated heterocycles. The standard InChI is InChI=1S/C24H31FN2O2S/c1-4-18(3)26-24(29)22(5-2)27(17-19-11-13-20(25)14-12-19)23(28)15-16-30-21-9-7-6-8-10-21/h6-14,18,22H,4-5,15-17H2,1-3H3,(H,26,29). The Labute approximate surface area is 183 Å². The third-order valence-corrected chi connectivity index (χ3v) is 5.99. The van der Waals surface area contributed by atoms with Crippen LogP contribution in [0.5, 0.6) is 0 Å². The lowest BCUT2D eigenvalue weighted by molar-refractivity contribution is -0.141. The summed E-state index contributed by atoms with van der Waals surface area (Å²) in [5.74, 6) is 0.0935. The molecule has 6 heteroatoms. The molecule has 30 heavy (non-hydrogen) atoms. The molecule has 2 aromatic rings. The van der Waals surface area contributed by atoms with E-state index in [1.165, 1.54) is 12.1 Å². The largest absolute Gasteiger partial charge is 0.352 e. The minimum atomic E-state index is -0.557. The molecule has 0 aliphatic rings. The smallest absolute Gasteiger partial charge is 0.243 e. The maximum atomic E-state index is 13.3. The van der Waals surface area contributed by atoms with E-state index in [9.17, 15) is 14.0 Å². The molecule has 4 nitrogen and oxygen atoms in total. The fraction of sp³-hybridized carbons (Fsp3) is 0.417. The van der Waals surface area contributed by atoms with E-state index in [0.717, 1.165) is 16.9 Å². The molecular weight excluding hydrogens is 399 g/mol. The third kappa shape index (κ3) is 7.48. The number of nitrogens with zero attached hydrogens (tertiary/aromatic N) is 1. The number of carbonyl (C=O) groups is 2. The Balaban J connectivity index is 2.12. The molecule has 162 valence electrons. The first-order valence-corrected chi connectivity index (χ1v) is 11.4. The highest BCUT2D eigenvalue weighted by Crippen LogP contribution is 2.20. The molecule has 2 aromatic carbocycles. The van der Waals surface area contributed by atoms with Gasteiger partial charge in [0.2, 0.25) is 11.8 Å². The van der Waals surface area contributed by atoms with Crippen LogP contribution in [-0.2, 0) is 16.1 Å². The van der Waals surface area contributed by atoms with Crippen LogP contribution in [0, 0.1) is 5.82 Å². The van der Waals surface area contributed by atoms with Crippen LogP contribution >= 0.6 is 11.8 Å². The molecule has 0 heterocycles. The van der Waals surface area contributed by atoms with Crippen molar-refractivity contribution in [1.29, 1.82) is 0 Å². The van der Waals surface area contributed by atoms with E-state index in [0.29, 0.717) is 18.6 Å². The van der Waals surface area contributed by atoms with E-state index in [1.54, 1.807) is 28.8 Å². The molecule has 2 unspecified atom stereocenters. The summed E-state index contributed by atoms with van der Waals surface area (Å²) >= 11 is 1.62. The van der Waals surface area contributed by atoms with Gasteiger partial charge >= 0.3 is 0 Å². The Bertz CT molecular complexity index is 799. The zero-order valence-corrected chi connectivity index (χ0v) is 18.8. The van der Waals surface area contributed by atoms with Crippen molar-refractivity contribution < 1.29 is 14.0 Å². The van der Waals surface area contributed by atoms with Gasteiger partial charge < -0.3 is 10.2 Å². The predicted molar refractivity (Wildman–Crippen MR) is 121 cm³/mol. The quantitative estimate of drug-likeness (QED) is 0.509. The highest BCUT2D eigenvalue weighted by molar-refractivity contribution is 7.99. The normalized spacial score (nSPS) is 12.8. The van der Waals surface area contributed by atoms with Gasteiger partial charge in [-0.2, -0.15) is 0 Å². The zero-order chi connectivity index (χ0) is 21.9. The first-order chi connectivity index (χ1) is 14.4. The van der Waals surface area contributed by atoms with Crippen molar-refractivity contribution in [2.75, 3.05) is 5.75 Å². The van der Waals surface area contributed by atoms with E-state index in [1.807, 2.05) is 51.1 Å². The Morgan fingerprint density at radius 2 is 1.70 bits per heavy atom. The first kappa shape index (κ1) is 23.9. The second kappa shape index (κ2) is 12.4. The van der Waals surface area contributed by atoms with Gasteiger partial charge in [0.15, 0.2) is 0 Å². The van der Waals surface area contributed by atoms with Crippen molar-refractivity contribution in [2.24, 2.45) is 0 Å². The molecule has 2 atom stereocenters. The second-order valence-electron chi connectivity index (χ2n) is 7.30. The van der Waals surface area contributed by atoms with Crippen molar-refractivity contribution in [3.05, 3.63) is 66.0 Å². The van der Waals surface area contributed by atoms with Gasteiger partial charge in [0, 0.05) is 29.7 Å². The Kier molecular flexibility index (Phi) is 9.87. The Morgan fingerprint density at radius 3 is 2.30 bits per heavy atom. The summed E-state index contributed by atoms with van der Waals surface area (Å²) < 4.78 is 13.3. The van der Waals surface area contributed by atoms with Gasteiger partial charge in [-0.3, -0.25) is 9.59 Å². The summed E-state index contributed by atoms with van der Waals surface area (Å²) in [5.41, 5.74) is 0.801. The number of thioether (sulfide) groups is 1. The van der Waals surface area contributed by atoms with Gasteiger partial charge in [0.05, 0.1) is 0 Å². The maximum absolute atomic E-state index is 13.3. The van der Waals surface area contributed by atoms with Crippen LogP contribution < -0.4 is 5.32 Å². The highest BCUT2D eigenvalue weighted by atomic mass is 32.2. The lowest BCUT2D eigenvalue weighted by Gasteiger charge is -2.31. The summed E-state index contributed by atoms with van der Waals surface area (Å²) in [5, 5.41) is 2.99. The molecule has 0 fully saturated rings. The van der Waals surface area contributed by atoms with Crippen LogP contribution in [0.4, 0.5) is 4.39 Å². The third-order valence-electron chi connectivity index (χ3n) is 4.98. The first-order valence-electron chi connectivity index (χ1n) is 10.5. The lowest BCUT2D eigenvalue weighted by Crippen LogP contribution is -2.50. The average Bonchev–Trinajstić information content (AvgIpc) is 2.75. The minimum absolute atomic E-state index is 0.0444. The molecule has 0 bridgehead atoms. The summed E-state index contributed by atoms with van der Waals surface area (Å²) in [7, 11) is 0. The summed E-state index contributed by atoms with van der Waals surface area (Å²) in [6.07, 6.45) is 1.66. The Hall–Kier alpha value is -2.34. The zero-order valence-electron chi connectivity index (χ0n) is 17.9. The average molecular weight is 431 g/mol. The molecule has 0 aromatic heterocycles. The number of amides is 2. The lowest BCUT2D eigenvalue weighted by atomic mass is 10.1. The molecular formula is C24H31FN2O2S. The van der Waals surface area contributed by atoms with Crippen LogP contribution in [0.3, 0.4) is 0 Å². The molecule has 2 amide bonds. The van der Waals surface area contributed by atoms with Gasteiger partial charge in [-0.25, -0.2) is 4.39 Å². The van der Waals surface area contributed by atoms with Gasteiger partial charge in [-0.05, 0) is 49.6 Å². The summed E-state index contributed by atoms with van der Waals surface area (Å²) in [6, 6.07) is 15.5. The number of benzene rings is 2. The molecule has 2 rings (SSSR count). The van der Waals surface area contributed by atoms with E-state index in [2.05, 4.69) is 5.32 Å². The van der Waals surface area contributed by atoms with E-state index in [-0.39, 0.29) is 30.2 Å². The maximum Gasteiger partial charge on any atom is 0.243 e. The summed E-state index contributed by atoms with van der Waals surface area (Å²) in [4.78, 5) is 28.7. The van der Waals surface area contributed by atoms with E-state index in [4.69, 9.17) is 0 Å². The second-order valence-corrected chi connectivity index (χ2v) is 8.47. The molecule has 0 spiro atoms. The van der Waals surface area contributed by atoms with Crippen LogP contribution in [0.25, 0.3) is 0 Å². The molecule has 0 aliphatic carbocycles. The van der Waals surface area contributed by atoms with Crippen LogP contribution in [0.2, 0.25) is 0 Å². The molecule has 0 saturated carbocycles. The predicted octanol–water partition coefficient (Wildman–Crippen LogP) is 5.03. The number of halogens is 1. The molecule has 0 radical (unpaired) electrons. The van der Waals surface area contributed by atoms with Gasteiger partial charge in [-0.15, -0.1) is 11.8 Å². The monoisotopic (exact) mass is 430 g/mol. The van der Waals surface area contributed by atoms with Crippen molar-refractivity contribution in [2.45, 2.75) is 63.6 Å². The number of rotatable bonds is 11. The fourth-order valence-corrected chi connectivity index (χ4v) is 3.93. The van der Waals surface area contributed by atoms with E-state index < -0.39 is 6.04 Å². The Morgan fingerprint density at radius 1 is 1.03 bits per heavy atom. The number of hydrogen-bond donors (Lipinski definition) is 1. The number of carbonyl (C=O) groups excluding carboxylic acids is 2. The van der Waals surface area contributed by atoms with E-state index >= 15 is 0 Å². The van der Waals surface area contributed by atoms with Gasteiger partial charge in [0.25, 0.3) is 0 Å². The number of nitrogens with one attached hydrogen (secondary N) is 1. The molecule has 0 aliphatic heterocycles. The van der Waals surface area contributed by atoms with Crippen molar-refractivity contribution >= 4 is 23.6 Å². The SMILES string of the molecule is CCC(C)NC(=O)C(CC)N(Cc1ccc(F)cc1)C(=O)CCSc1ccccc1. The van der Waals surface area contributed by atoms with Gasteiger partial charge in [-0.1, -0.05) is 44.2 Å². The highest BCUT2D eigenvalue weighted by Gasteiger charge is 2.28. The molecule has 1 N–H and O–H groups in total. The van der Waals surface area contributed by atoms with Crippen molar-refractivity contribution in [1.82, 2.24) is 10.2 Å². The topological polar surface area (TPSA) is 49.4 Å². The van der Waals surface area contributed by atoms with Gasteiger partial charge in [0.1, 0.15) is 11.9 Å². The number of hydrogen-bond acceptors (Lipinski definition) is 3. The van der Waals surface area contributed by atoms with Crippen LogP contribution in [0.1, 0.15) is 45.6 Å². The van der Waals surface area contributed by atoms with Crippen molar-refractivity contribution in [3.8, 4) is 0 Å².